The van der Waals surface area contributed by atoms with Crippen molar-refractivity contribution >= 4 is 41.4 Å². The molecule has 7 heteroatoms. The van der Waals surface area contributed by atoms with Gasteiger partial charge in [-0.3, -0.25) is 9.78 Å². The summed E-state index contributed by atoms with van der Waals surface area (Å²) in [5, 5.41) is 11.1. The van der Waals surface area contributed by atoms with E-state index in [4.69, 9.17) is 0 Å². The summed E-state index contributed by atoms with van der Waals surface area (Å²) < 4.78 is 0.546. The van der Waals surface area contributed by atoms with Gasteiger partial charge in [0, 0.05) is 23.9 Å². The van der Waals surface area contributed by atoms with Crippen LogP contribution >= 0.6 is 23.5 Å². The van der Waals surface area contributed by atoms with Crippen molar-refractivity contribution < 1.29 is 44.3 Å². The van der Waals surface area contributed by atoms with Gasteiger partial charge in [-0.05, 0) is 23.8 Å². The SMILES string of the molecule is O=C([O-])C(C(=O)/C=C/c1ccncc1)=C1SCCS1.[Na+]. The molecular weight excluding hydrogens is 305 g/mol. The first-order valence-electron chi connectivity index (χ1n) is 5.52. The molecule has 1 aliphatic heterocycles. The summed E-state index contributed by atoms with van der Waals surface area (Å²) in [6, 6.07) is 3.46. The second-order valence-corrected chi connectivity index (χ2v) is 6.09. The zero-order chi connectivity index (χ0) is 13.7. The third-order valence-corrected chi connectivity index (χ3v) is 5.05. The number of aliphatic carboxylic acids is 1. The van der Waals surface area contributed by atoms with Crippen molar-refractivity contribution in [1.29, 1.82) is 0 Å². The topological polar surface area (TPSA) is 70.1 Å². The molecule has 0 aromatic carbocycles. The van der Waals surface area contributed by atoms with Gasteiger partial charge in [0.25, 0.3) is 0 Å². The summed E-state index contributed by atoms with van der Waals surface area (Å²) in [5.41, 5.74) is 0.551. The fourth-order valence-electron chi connectivity index (χ4n) is 1.47. The van der Waals surface area contributed by atoms with Crippen LogP contribution in [0, 0.1) is 0 Å². The number of hydrogen-bond donors (Lipinski definition) is 0. The molecule has 1 aromatic heterocycles. The molecule has 20 heavy (non-hydrogen) atoms. The zero-order valence-electron chi connectivity index (χ0n) is 10.9. The maximum absolute atomic E-state index is 11.9. The van der Waals surface area contributed by atoms with Crippen LogP contribution in [0.4, 0.5) is 0 Å². The van der Waals surface area contributed by atoms with E-state index in [1.54, 1.807) is 30.6 Å². The second kappa shape index (κ2) is 8.69. The van der Waals surface area contributed by atoms with Gasteiger partial charge in [-0.25, -0.2) is 0 Å². The van der Waals surface area contributed by atoms with E-state index in [1.165, 1.54) is 29.6 Å². The Morgan fingerprint density at radius 1 is 1.20 bits per heavy atom. The molecule has 0 radical (unpaired) electrons. The Balaban J connectivity index is 0.00000200. The van der Waals surface area contributed by atoms with Gasteiger partial charge in [0.05, 0.1) is 15.8 Å². The number of carboxylic acid groups (broad SMARTS) is 1. The molecule has 2 rings (SSSR count). The average molecular weight is 315 g/mol. The minimum Gasteiger partial charge on any atom is -0.545 e. The molecular formula is C13H10NNaO3S2. The van der Waals surface area contributed by atoms with Gasteiger partial charge in [-0.15, -0.1) is 23.5 Å². The number of carboxylic acids is 1. The Labute approximate surface area is 147 Å². The van der Waals surface area contributed by atoms with Crippen LogP contribution in [0.3, 0.4) is 0 Å². The summed E-state index contributed by atoms with van der Waals surface area (Å²) in [4.78, 5) is 26.9. The molecule has 0 bridgehead atoms. The number of ketones is 1. The molecule has 1 fully saturated rings. The minimum absolute atomic E-state index is 0. The van der Waals surface area contributed by atoms with Crippen LogP contribution in [0.5, 0.6) is 0 Å². The maximum atomic E-state index is 11.9. The fraction of sp³-hybridized carbons (Fsp3) is 0.154. The van der Waals surface area contributed by atoms with Crippen molar-refractivity contribution in [2.75, 3.05) is 11.5 Å². The number of pyridine rings is 1. The van der Waals surface area contributed by atoms with Crippen LogP contribution in [0.15, 0.2) is 40.4 Å². The molecule has 1 saturated heterocycles. The van der Waals surface area contributed by atoms with Gasteiger partial charge in [-0.2, -0.15) is 0 Å². The molecule has 0 unspecified atom stereocenters. The molecule has 0 atom stereocenters. The van der Waals surface area contributed by atoms with Crippen LogP contribution in [0.2, 0.25) is 0 Å². The van der Waals surface area contributed by atoms with E-state index < -0.39 is 11.8 Å². The average Bonchev–Trinajstić information content (AvgIpc) is 2.91. The number of nitrogens with zero attached hydrogens (tertiary/aromatic N) is 1. The van der Waals surface area contributed by atoms with Gasteiger partial charge in [-0.1, -0.05) is 6.08 Å². The molecule has 0 spiro atoms. The van der Waals surface area contributed by atoms with Crippen molar-refractivity contribution in [3.63, 3.8) is 0 Å². The monoisotopic (exact) mass is 315 g/mol. The molecule has 0 amide bonds. The van der Waals surface area contributed by atoms with Crippen LogP contribution in [0.1, 0.15) is 5.56 Å². The number of rotatable bonds is 4. The van der Waals surface area contributed by atoms with Crippen molar-refractivity contribution in [3.8, 4) is 0 Å². The first-order valence-corrected chi connectivity index (χ1v) is 7.49. The minimum atomic E-state index is -1.42. The number of aromatic nitrogens is 1. The Bertz CT molecular complexity index is 550. The molecule has 98 valence electrons. The van der Waals surface area contributed by atoms with E-state index in [0.717, 1.165) is 17.1 Å². The van der Waals surface area contributed by atoms with E-state index in [1.807, 2.05) is 0 Å². The van der Waals surface area contributed by atoms with Crippen molar-refractivity contribution in [1.82, 2.24) is 4.98 Å². The largest absolute Gasteiger partial charge is 1.00 e. The summed E-state index contributed by atoms with van der Waals surface area (Å²) in [5.74, 6) is -0.314. The second-order valence-electron chi connectivity index (χ2n) is 3.62. The van der Waals surface area contributed by atoms with Gasteiger partial charge in [0.15, 0.2) is 5.78 Å². The van der Waals surface area contributed by atoms with E-state index in [0.29, 0.717) is 4.24 Å². The van der Waals surface area contributed by atoms with E-state index in [9.17, 15) is 14.7 Å². The Kier molecular flexibility index (Phi) is 7.61. The Morgan fingerprint density at radius 2 is 1.80 bits per heavy atom. The predicted octanol–water partition coefficient (Wildman–Crippen LogP) is -1.89. The summed E-state index contributed by atoms with van der Waals surface area (Å²) in [6.45, 7) is 0. The number of carbonyl (C=O) groups excluding carboxylic acids is 2. The molecule has 2 heterocycles. The summed E-state index contributed by atoms with van der Waals surface area (Å²) in [6.07, 6.45) is 6.03. The third kappa shape index (κ3) is 4.79. The van der Waals surface area contributed by atoms with E-state index in [2.05, 4.69) is 4.98 Å². The molecule has 1 aromatic rings. The number of thioether (sulfide) groups is 2. The van der Waals surface area contributed by atoms with Crippen molar-refractivity contribution in [2.45, 2.75) is 0 Å². The molecule has 4 nitrogen and oxygen atoms in total. The maximum Gasteiger partial charge on any atom is 1.00 e. The quantitative estimate of drug-likeness (QED) is 0.280. The van der Waals surface area contributed by atoms with Crippen molar-refractivity contribution in [2.24, 2.45) is 0 Å². The first kappa shape index (κ1) is 17.5. The van der Waals surface area contributed by atoms with Crippen LogP contribution in [-0.4, -0.2) is 28.2 Å². The molecule has 0 aliphatic carbocycles. The first-order chi connectivity index (χ1) is 9.18. The van der Waals surface area contributed by atoms with Gasteiger partial charge in [0.2, 0.25) is 0 Å². The number of hydrogen-bond acceptors (Lipinski definition) is 6. The van der Waals surface area contributed by atoms with Crippen LogP contribution in [-0.2, 0) is 9.59 Å². The summed E-state index contributed by atoms with van der Waals surface area (Å²) >= 11 is 2.77. The van der Waals surface area contributed by atoms with E-state index in [-0.39, 0.29) is 35.1 Å². The van der Waals surface area contributed by atoms with E-state index >= 15 is 0 Å². The molecule has 0 N–H and O–H groups in total. The smallest absolute Gasteiger partial charge is 0.545 e. The standard InChI is InChI=1S/C13H11NO3S2.Na/c15-10(2-1-9-3-5-14-6-4-9)11(12(16)17)13-18-7-8-19-13;/h1-6H,7-8H2,(H,16,17);/q;+1/p-1/b2-1+;. The summed E-state index contributed by atoms with van der Waals surface area (Å²) in [7, 11) is 0. The van der Waals surface area contributed by atoms with Crippen LogP contribution in [0.25, 0.3) is 6.08 Å². The number of carbonyl (C=O) groups is 2. The molecule has 0 saturated carbocycles. The zero-order valence-corrected chi connectivity index (χ0v) is 14.5. The van der Waals surface area contributed by atoms with Gasteiger partial charge in [0.1, 0.15) is 0 Å². The Morgan fingerprint density at radius 3 is 2.35 bits per heavy atom. The number of allylic oxidation sites excluding steroid dienone is 1. The fourth-order valence-corrected chi connectivity index (χ4v) is 4.00. The Hall–Kier alpha value is -0.530. The van der Waals surface area contributed by atoms with Gasteiger partial charge >= 0.3 is 29.6 Å². The molecule has 1 aliphatic rings. The normalized spacial score (nSPS) is 14.1. The van der Waals surface area contributed by atoms with Gasteiger partial charge < -0.3 is 9.90 Å². The van der Waals surface area contributed by atoms with Crippen molar-refractivity contribution in [3.05, 3.63) is 46.0 Å². The van der Waals surface area contributed by atoms with Crippen LogP contribution < -0.4 is 34.7 Å². The third-order valence-electron chi connectivity index (χ3n) is 2.34. The predicted molar refractivity (Wildman–Crippen MR) is 75.2 cm³/mol.